The maximum atomic E-state index is 12.3. The van der Waals surface area contributed by atoms with Crippen LogP contribution in [-0.4, -0.2) is 81.9 Å². The molecule has 1 aromatic carbocycles. The summed E-state index contributed by atoms with van der Waals surface area (Å²) in [5.74, 6) is 1.37. The second kappa shape index (κ2) is 16.2. The summed E-state index contributed by atoms with van der Waals surface area (Å²) >= 11 is 14.2. The molecule has 7 rings (SSSR count). The van der Waals surface area contributed by atoms with Gasteiger partial charge in [-0.25, -0.2) is 19.3 Å². The maximum absolute atomic E-state index is 12.3. The number of alkyl carbamates (subject to hydrolysis) is 1. The van der Waals surface area contributed by atoms with Crippen molar-refractivity contribution in [3.05, 3.63) is 76.3 Å². The Morgan fingerprint density at radius 3 is 2.39 bits per heavy atom. The number of hydrogen-bond donors (Lipinski definition) is 4. The van der Waals surface area contributed by atoms with E-state index in [4.69, 9.17) is 37.4 Å². The minimum absolute atomic E-state index is 0.0267. The number of methoxy groups -OCH3 is 2. The zero-order chi connectivity index (χ0) is 37.8. The first-order valence-corrected chi connectivity index (χ1v) is 18.1. The third kappa shape index (κ3) is 8.02. The van der Waals surface area contributed by atoms with Gasteiger partial charge in [-0.05, 0) is 37.1 Å². The van der Waals surface area contributed by atoms with Crippen molar-refractivity contribution in [2.24, 2.45) is 0 Å². The molecule has 2 atom stereocenters. The lowest BCUT2D eigenvalue weighted by molar-refractivity contribution is -0.120. The SMILES string of the molecule is COc1nc(-c2cccc(-c3ccnc(-c4cc(OC)c5nc(CNC[C@@H]6CCC(=O)N6)nn5c4)c3Cl)c2Cl)ccc1COC(=O)NC[C@@H]1CCC(=O)N1. The van der Waals surface area contributed by atoms with E-state index in [2.05, 4.69) is 41.3 Å². The van der Waals surface area contributed by atoms with Crippen LogP contribution in [0.2, 0.25) is 10.0 Å². The van der Waals surface area contributed by atoms with Crippen molar-refractivity contribution >= 4 is 46.8 Å². The van der Waals surface area contributed by atoms with Crippen LogP contribution in [0, 0.1) is 0 Å². The topological polar surface area (TPSA) is 183 Å². The van der Waals surface area contributed by atoms with Gasteiger partial charge in [-0.2, -0.15) is 0 Å². The molecule has 0 bridgehead atoms. The average molecular weight is 775 g/mol. The quantitative estimate of drug-likeness (QED) is 0.130. The third-order valence-electron chi connectivity index (χ3n) is 9.22. The second-order valence-electron chi connectivity index (χ2n) is 12.8. The highest BCUT2D eigenvalue weighted by Crippen LogP contribution is 2.42. The number of hydrogen-bond acceptors (Lipinski definition) is 11. The number of carbonyl (C=O) groups excluding carboxylic acids is 3. The molecule has 5 aromatic rings. The molecular weight excluding hydrogens is 737 g/mol. The van der Waals surface area contributed by atoms with E-state index in [1.165, 1.54) is 7.11 Å². The van der Waals surface area contributed by atoms with E-state index in [0.29, 0.717) is 98.8 Å². The first kappa shape index (κ1) is 36.8. The van der Waals surface area contributed by atoms with Gasteiger partial charge in [0.05, 0.1) is 47.8 Å². The summed E-state index contributed by atoms with van der Waals surface area (Å²) in [6.07, 6.45) is 5.29. The largest absolute Gasteiger partial charge is 0.493 e. The first-order chi connectivity index (χ1) is 26.2. The molecule has 54 heavy (non-hydrogen) atoms. The molecule has 0 spiro atoms. The number of rotatable bonds is 13. The lowest BCUT2D eigenvalue weighted by Gasteiger charge is -2.15. The summed E-state index contributed by atoms with van der Waals surface area (Å²) in [4.78, 5) is 49.2. The lowest BCUT2D eigenvalue weighted by atomic mass is 10.00. The molecule has 2 aliphatic heterocycles. The first-order valence-electron chi connectivity index (χ1n) is 17.3. The monoisotopic (exact) mass is 773 g/mol. The van der Waals surface area contributed by atoms with Crippen LogP contribution in [0.15, 0.2) is 54.9 Å². The van der Waals surface area contributed by atoms with Crippen LogP contribution in [0.5, 0.6) is 11.6 Å². The Balaban J connectivity index is 1.09. The molecule has 0 aliphatic carbocycles. The second-order valence-corrected chi connectivity index (χ2v) is 13.6. The van der Waals surface area contributed by atoms with E-state index in [9.17, 15) is 14.4 Å². The molecule has 17 heteroatoms. The smallest absolute Gasteiger partial charge is 0.407 e. The molecule has 0 saturated carbocycles. The normalized spacial score (nSPS) is 16.7. The standard InChI is InChI=1S/C37H37Cl2N9O6/c1-52-28-14-21(18-48-35(28)46-29(47-48)17-40-15-22-7-10-30(49)43-22)34-33(39)25(12-13-41-34)24-4-3-5-26(32(24)38)27-9-6-20(36(45-27)53-2)19-54-37(51)42-16-23-8-11-31(50)44-23/h3-6,9,12-14,18,22-23,40H,7-8,10-11,15-17,19H2,1-2H3,(H,42,51)(H,43,49)(H,44,50)/t22-,23-/m0/s1. The zero-order valence-corrected chi connectivity index (χ0v) is 31.0. The van der Waals surface area contributed by atoms with E-state index >= 15 is 0 Å². The molecule has 0 radical (unpaired) electrons. The van der Waals surface area contributed by atoms with Crippen LogP contribution >= 0.6 is 23.2 Å². The summed E-state index contributed by atoms with van der Waals surface area (Å²) in [7, 11) is 3.04. The summed E-state index contributed by atoms with van der Waals surface area (Å²) in [6.45, 7) is 1.24. The van der Waals surface area contributed by atoms with Crippen molar-refractivity contribution in [2.75, 3.05) is 27.3 Å². The molecule has 6 heterocycles. The van der Waals surface area contributed by atoms with E-state index in [-0.39, 0.29) is 42.9 Å². The Kier molecular flexibility index (Phi) is 11.1. The number of ether oxygens (including phenoxy) is 3. The van der Waals surface area contributed by atoms with Crippen LogP contribution in [0.1, 0.15) is 37.1 Å². The molecule has 2 saturated heterocycles. The van der Waals surface area contributed by atoms with E-state index < -0.39 is 6.09 Å². The molecular formula is C37H37Cl2N9O6. The van der Waals surface area contributed by atoms with Crippen molar-refractivity contribution in [2.45, 2.75) is 50.9 Å². The van der Waals surface area contributed by atoms with E-state index in [1.807, 2.05) is 24.3 Å². The van der Waals surface area contributed by atoms with Crippen molar-refractivity contribution < 1.29 is 28.6 Å². The number of fused-ring (bicyclic) bond motifs is 1. The summed E-state index contributed by atoms with van der Waals surface area (Å²) in [5, 5.41) is 17.2. The Bertz CT molecular complexity index is 2230. The highest BCUT2D eigenvalue weighted by atomic mass is 35.5. The number of halogens is 2. The van der Waals surface area contributed by atoms with Gasteiger partial charge in [0.25, 0.3) is 0 Å². The Hall–Kier alpha value is -5.51. The van der Waals surface area contributed by atoms with Crippen molar-refractivity contribution in [3.8, 4) is 45.3 Å². The third-order valence-corrected chi connectivity index (χ3v) is 10.0. The molecule has 280 valence electrons. The van der Waals surface area contributed by atoms with Gasteiger partial charge in [0.2, 0.25) is 17.7 Å². The average Bonchev–Trinajstić information content (AvgIpc) is 3.92. The Morgan fingerprint density at radius 2 is 1.67 bits per heavy atom. The van der Waals surface area contributed by atoms with E-state index in [0.717, 1.165) is 6.42 Å². The van der Waals surface area contributed by atoms with Crippen LogP contribution in [0.4, 0.5) is 4.79 Å². The molecule has 4 aromatic heterocycles. The van der Waals surface area contributed by atoms with Gasteiger partial charge in [0.15, 0.2) is 17.2 Å². The van der Waals surface area contributed by atoms with Crippen LogP contribution < -0.4 is 30.7 Å². The molecule has 0 unspecified atom stereocenters. The number of nitrogens with zero attached hydrogens (tertiary/aromatic N) is 5. The van der Waals surface area contributed by atoms with Gasteiger partial charge in [-0.15, -0.1) is 5.10 Å². The number of amides is 3. The van der Waals surface area contributed by atoms with Gasteiger partial charge in [-0.3, -0.25) is 14.6 Å². The summed E-state index contributed by atoms with van der Waals surface area (Å²) in [6, 6.07) is 12.7. The predicted octanol–water partition coefficient (Wildman–Crippen LogP) is 4.72. The minimum atomic E-state index is -0.614. The lowest BCUT2D eigenvalue weighted by Crippen LogP contribution is -2.38. The number of benzene rings is 1. The Labute approximate surface area is 320 Å². The van der Waals surface area contributed by atoms with Crippen molar-refractivity contribution in [3.63, 3.8) is 0 Å². The van der Waals surface area contributed by atoms with Crippen LogP contribution in [0.3, 0.4) is 0 Å². The Morgan fingerprint density at radius 1 is 0.926 bits per heavy atom. The summed E-state index contributed by atoms with van der Waals surface area (Å²) < 4.78 is 18.2. The molecule has 4 N–H and O–H groups in total. The highest BCUT2D eigenvalue weighted by molar-refractivity contribution is 6.39. The fraction of sp³-hybridized carbons (Fsp3) is 0.324. The molecule has 2 fully saturated rings. The fourth-order valence-electron chi connectivity index (χ4n) is 6.47. The van der Waals surface area contributed by atoms with E-state index in [1.54, 1.807) is 42.2 Å². The van der Waals surface area contributed by atoms with Crippen molar-refractivity contribution in [1.82, 2.24) is 45.8 Å². The van der Waals surface area contributed by atoms with Gasteiger partial charge in [-0.1, -0.05) is 41.4 Å². The molecule has 2 aliphatic rings. The summed E-state index contributed by atoms with van der Waals surface area (Å²) in [5.41, 5.74) is 4.71. The number of carbonyl (C=O) groups is 3. The van der Waals surface area contributed by atoms with Gasteiger partial charge >= 0.3 is 6.09 Å². The van der Waals surface area contributed by atoms with Gasteiger partial charge < -0.3 is 35.5 Å². The maximum Gasteiger partial charge on any atom is 0.407 e. The van der Waals surface area contributed by atoms with Crippen LogP contribution in [0.25, 0.3) is 39.3 Å². The van der Waals surface area contributed by atoms with Crippen LogP contribution in [-0.2, 0) is 27.5 Å². The van der Waals surface area contributed by atoms with Gasteiger partial charge in [0.1, 0.15) is 6.61 Å². The molecule has 15 nitrogen and oxygen atoms in total. The highest BCUT2D eigenvalue weighted by Gasteiger charge is 2.23. The van der Waals surface area contributed by atoms with Gasteiger partial charge in [0, 0.05) is 72.7 Å². The predicted molar refractivity (Wildman–Crippen MR) is 200 cm³/mol. The number of aromatic nitrogens is 5. The molecule has 3 amide bonds. The number of nitrogens with one attached hydrogen (secondary N) is 4. The zero-order valence-electron chi connectivity index (χ0n) is 29.4. The fourth-order valence-corrected chi connectivity index (χ4v) is 7.12. The van der Waals surface area contributed by atoms with Crippen molar-refractivity contribution in [1.29, 1.82) is 0 Å². The number of pyridine rings is 3. The minimum Gasteiger partial charge on any atom is -0.493 e.